The van der Waals surface area contributed by atoms with Crippen molar-refractivity contribution in [2.75, 3.05) is 0 Å². The molecule has 0 unspecified atom stereocenters. The van der Waals surface area contributed by atoms with E-state index in [4.69, 9.17) is 0 Å². The van der Waals surface area contributed by atoms with E-state index in [0.29, 0.717) is 10.8 Å². The summed E-state index contributed by atoms with van der Waals surface area (Å²) in [5.41, 5.74) is 2.70. The molecule has 0 N–H and O–H groups in total. The number of hydrogen-bond acceptors (Lipinski definition) is 0. The second-order valence-electron chi connectivity index (χ2n) is 14.8. The summed E-state index contributed by atoms with van der Waals surface area (Å²) >= 11 is 0. The average molecular weight is 451 g/mol. The molecule has 0 saturated heterocycles. The van der Waals surface area contributed by atoms with E-state index in [2.05, 4.69) is 73.3 Å². The summed E-state index contributed by atoms with van der Waals surface area (Å²) in [6.07, 6.45) is 18.4. The van der Waals surface area contributed by atoms with Crippen molar-refractivity contribution in [2.24, 2.45) is 57.7 Å². The lowest BCUT2D eigenvalue weighted by Crippen LogP contribution is -2.52. The minimum Gasteiger partial charge on any atom is -0.0923 e. The molecule has 0 nitrogen and oxygen atoms in total. The van der Waals surface area contributed by atoms with Gasteiger partial charge >= 0.3 is 0 Å². The van der Waals surface area contributed by atoms with E-state index < -0.39 is 0 Å². The lowest BCUT2D eigenvalue weighted by molar-refractivity contribution is -0.101. The van der Waals surface area contributed by atoms with E-state index in [1.54, 1.807) is 0 Å². The highest BCUT2D eigenvalue weighted by molar-refractivity contribution is 5.33. The maximum absolute atomic E-state index is 3.58. The third kappa shape index (κ3) is 5.00. The highest BCUT2D eigenvalue weighted by atomic mass is 14.6. The Morgan fingerprint density at radius 3 is 2.36 bits per heavy atom. The molecule has 4 rings (SSSR count). The molecule has 33 heavy (non-hydrogen) atoms. The van der Waals surface area contributed by atoms with Gasteiger partial charge in [-0.25, -0.2) is 0 Å². The zero-order valence-corrected chi connectivity index (χ0v) is 23.4. The molecule has 3 saturated carbocycles. The summed E-state index contributed by atoms with van der Waals surface area (Å²) in [5, 5.41) is 0. The zero-order valence-electron chi connectivity index (χ0n) is 23.4. The summed E-state index contributed by atoms with van der Waals surface area (Å²) in [6.45, 7) is 19.5. The molecular weight excluding hydrogens is 396 g/mol. The van der Waals surface area contributed by atoms with Gasteiger partial charge in [0, 0.05) is 5.41 Å². The van der Waals surface area contributed by atoms with Gasteiger partial charge in [0.15, 0.2) is 0 Å². The maximum atomic E-state index is 3.58. The Morgan fingerprint density at radius 2 is 1.67 bits per heavy atom. The standard InChI is InChI=1S/C33H54/c1-23(2)10-9-11-24(3)28-14-15-29-27-13-12-26-22-25(16-19-31(4,5)6)17-20-32(26,7)30(27)18-21-33(28,29)8/h17,23-24,26-30H,9-15,18,20-22H2,1-8H3/t24-,26-,27+,28-,29-,30+,32-,33+/m0/s1. The summed E-state index contributed by atoms with van der Waals surface area (Å²) in [6, 6.07) is 0. The Bertz CT molecular complexity index is 781. The van der Waals surface area contributed by atoms with Gasteiger partial charge in [0.1, 0.15) is 0 Å². The summed E-state index contributed by atoms with van der Waals surface area (Å²) in [4.78, 5) is 0. The minimum atomic E-state index is 0.109. The first-order valence-corrected chi connectivity index (χ1v) is 14.7. The maximum Gasteiger partial charge on any atom is 0.0233 e. The molecule has 4 aliphatic rings. The fourth-order valence-corrected chi connectivity index (χ4v) is 9.27. The minimum absolute atomic E-state index is 0.109. The van der Waals surface area contributed by atoms with Crippen LogP contribution in [0.15, 0.2) is 11.6 Å². The van der Waals surface area contributed by atoms with Crippen LogP contribution in [-0.4, -0.2) is 0 Å². The molecule has 0 radical (unpaired) electrons. The van der Waals surface area contributed by atoms with E-state index in [0.717, 1.165) is 41.4 Å². The van der Waals surface area contributed by atoms with Crippen LogP contribution in [0.3, 0.4) is 0 Å². The van der Waals surface area contributed by atoms with Gasteiger partial charge in [0.05, 0.1) is 0 Å². The predicted octanol–water partition coefficient (Wildman–Crippen LogP) is 9.69. The monoisotopic (exact) mass is 450 g/mol. The molecule has 8 atom stereocenters. The van der Waals surface area contributed by atoms with Gasteiger partial charge in [-0.3, -0.25) is 0 Å². The molecule has 0 spiro atoms. The smallest absolute Gasteiger partial charge is 0.0233 e. The topological polar surface area (TPSA) is 0 Å². The second-order valence-corrected chi connectivity index (χ2v) is 14.8. The van der Waals surface area contributed by atoms with Gasteiger partial charge in [0.2, 0.25) is 0 Å². The number of hydrogen-bond donors (Lipinski definition) is 0. The van der Waals surface area contributed by atoms with Crippen molar-refractivity contribution in [3.8, 4) is 11.8 Å². The Balaban J connectivity index is 1.46. The van der Waals surface area contributed by atoms with Crippen LogP contribution in [0.2, 0.25) is 0 Å². The van der Waals surface area contributed by atoms with Gasteiger partial charge in [-0.15, -0.1) is 0 Å². The highest BCUT2D eigenvalue weighted by Gasteiger charge is 2.60. The molecule has 3 fully saturated rings. The Kier molecular flexibility index (Phi) is 7.23. The van der Waals surface area contributed by atoms with E-state index in [9.17, 15) is 0 Å². The normalized spacial score (nSPS) is 41.4. The van der Waals surface area contributed by atoms with Crippen LogP contribution >= 0.6 is 0 Å². The first-order chi connectivity index (χ1) is 15.4. The van der Waals surface area contributed by atoms with Crippen molar-refractivity contribution in [2.45, 2.75) is 126 Å². The van der Waals surface area contributed by atoms with Crippen LogP contribution in [0.5, 0.6) is 0 Å². The number of fused-ring (bicyclic) bond motifs is 5. The molecule has 0 aromatic heterocycles. The van der Waals surface area contributed by atoms with Crippen molar-refractivity contribution in [1.82, 2.24) is 0 Å². The molecular formula is C33H54. The summed E-state index contributed by atoms with van der Waals surface area (Å²) in [7, 11) is 0. The zero-order chi connectivity index (χ0) is 24.0. The van der Waals surface area contributed by atoms with Crippen LogP contribution < -0.4 is 0 Å². The van der Waals surface area contributed by atoms with E-state index in [1.807, 2.05) is 0 Å². The third-order valence-electron chi connectivity index (χ3n) is 11.1. The first-order valence-electron chi connectivity index (χ1n) is 14.7. The number of rotatable bonds is 5. The largest absolute Gasteiger partial charge is 0.0923 e. The van der Waals surface area contributed by atoms with Crippen LogP contribution in [-0.2, 0) is 0 Å². The van der Waals surface area contributed by atoms with Gasteiger partial charge in [-0.2, -0.15) is 0 Å². The van der Waals surface area contributed by atoms with Gasteiger partial charge < -0.3 is 0 Å². The first kappa shape index (κ1) is 25.4. The molecule has 0 heterocycles. The molecule has 0 aromatic carbocycles. The second kappa shape index (κ2) is 9.40. The fourth-order valence-electron chi connectivity index (χ4n) is 9.27. The Hall–Kier alpha value is -0.700. The molecule has 186 valence electrons. The highest BCUT2D eigenvalue weighted by Crippen LogP contribution is 2.68. The van der Waals surface area contributed by atoms with Crippen LogP contribution in [0.1, 0.15) is 126 Å². The van der Waals surface area contributed by atoms with E-state index >= 15 is 0 Å². The number of allylic oxidation sites excluding steroid dienone is 2. The summed E-state index contributed by atoms with van der Waals surface area (Å²) < 4.78 is 0. The van der Waals surface area contributed by atoms with Gasteiger partial charge in [-0.05, 0) is 130 Å². The molecule has 0 heteroatoms. The molecule has 0 bridgehead atoms. The van der Waals surface area contributed by atoms with Crippen molar-refractivity contribution in [3.63, 3.8) is 0 Å². The lowest BCUT2D eigenvalue weighted by Gasteiger charge is -2.60. The Morgan fingerprint density at radius 1 is 0.939 bits per heavy atom. The average Bonchev–Trinajstić information content (AvgIpc) is 3.08. The molecule has 4 aliphatic carbocycles. The predicted molar refractivity (Wildman–Crippen MR) is 144 cm³/mol. The van der Waals surface area contributed by atoms with Crippen LogP contribution in [0.4, 0.5) is 0 Å². The summed E-state index contributed by atoms with van der Waals surface area (Å²) in [5.74, 6) is 13.7. The fraction of sp³-hybridized carbons (Fsp3) is 0.879. The van der Waals surface area contributed by atoms with Crippen LogP contribution in [0, 0.1) is 69.5 Å². The van der Waals surface area contributed by atoms with Crippen molar-refractivity contribution >= 4 is 0 Å². The quantitative estimate of drug-likeness (QED) is 0.366. The molecule has 0 aliphatic heterocycles. The van der Waals surface area contributed by atoms with E-state index in [1.165, 1.54) is 76.2 Å². The molecule has 0 aromatic rings. The van der Waals surface area contributed by atoms with E-state index in [-0.39, 0.29) is 5.41 Å². The van der Waals surface area contributed by atoms with Gasteiger partial charge in [0.25, 0.3) is 0 Å². The SMILES string of the molecule is CC(C)CCC[C@H](C)[C@@H]1CC[C@H]2[C@H]3CC[C@H]4CC(C#CC(C)(C)C)=CC[C@]4(C)[C@@H]3CC[C@@]21C. The van der Waals surface area contributed by atoms with Crippen molar-refractivity contribution < 1.29 is 0 Å². The lowest BCUT2D eigenvalue weighted by atomic mass is 9.45. The third-order valence-corrected chi connectivity index (χ3v) is 11.1. The Labute approximate surface area is 207 Å². The van der Waals surface area contributed by atoms with Crippen LogP contribution in [0.25, 0.3) is 0 Å². The van der Waals surface area contributed by atoms with Crippen molar-refractivity contribution in [1.29, 1.82) is 0 Å². The van der Waals surface area contributed by atoms with Crippen molar-refractivity contribution in [3.05, 3.63) is 11.6 Å². The molecule has 0 amide bonds. The van der Waals surface area contributed by atoms with Gasteiger partial charge in [-0.1, -0.05) is 71.8 Å².